The third-order valence-corrected chi connectivity index (χ3v) is 2.45. The Morgan fingerprint density at radius 1 is 1.17 bits per heavy atom. The average molecular weight is 242 g/mol. The molecule has 1 atom stereocenters. The lowest BCUT2D eigenvalue weighted by Crippen LogP contribution is -2.31. The summed E-state index contributed by atoms with van der Waals surface area (Å²) in [7, 11) is 0. The van der Waals surface area contributed by atoms with Crippen molar-refractivity contribution < 1.29 is 4.79 Å². The first-order valence-electron chi connectivity index (χ1n) is 5.63. The molecule has 2 aromatic heterocycles. The van der Waals surface area contributed by atoms with Crippen LogP contribution >= 0.6 is 0 Å². The van der Waals surface area contributed by atoms with E-state index in [9.17, 15) is 4.79 Å². The SMILES string of the molecule is C[C@@H](NC(=O)Nc1cccnc1)c1cccnc1. The highest BCUT2D eigenvalue weighted by Crippen LogP contribution is 2.10. The van der Waals surface area contributed by atoms with Gasteiger partial charge in [-0.2, -0.15) is 0 Å². The number of carbonyl (C=O) groups is 1. The summed E-state index contributed by atoms with van der Waals surface area (Å²) in [6, 6.07) is 6.94. The molecule has 2 amide bonds. The molecular formula is C13H14N4O. The van der Waals surface area contributed by atoms with Gasteiger partial charge in [0.1, 0.15) is 0 Å². The van der Waals surface area contributed by atoms with Crippen molar-refractivity contribution in [1.82, 2.24) is 15.3 Å². The summed E-state index contributed by atoms with van der Waals surface area (Å²) < 4.78 is 0. The fourth-order valence-corrected chi connectivity index (χ4v) is 1.52. The zero-order chi connectivity index (χ0) is 12.8. The van der Waals surface area contributed by atoms with Gasteiger partial charge in [0, 0.05) is 18.6 Å². The monoisotopic (exact) mass is 242 g/mol. The van der Waals surface area contributed by atoms with Gasteiger partial charge in [-0.15, -0.1) is 0 Å². The molecule has 0 aromatic carbocycles. The van der Waals surface area contributed by atoms with Crippen molar-refractivity contribution in [3.63, 3.8) is 0 Å². The normalized spacial score (nSPS) is 11.6. The highest BCUT2D eigenvalue weighted by Gasteiger charge is 2.09. The number of hydrogen-bond acceptors (Lipinski definition) is 3. The lowest BCUT2D eigenvalue weighted by atomic mass is 10.1. The Morgan fingerprint density at radius 3 is 2.50 bits per heavy atom. The molecule has 0 bridgehead atoms. The molecule has 5 heteroatoms. The molecule has 2 rings (SSSR count). The summed E-state index contributed by atoms with van der Waals surface area (Å²) in [6.45, 7) is 1.90. The number of carbonyl (C=O) groups excluding carboxylic acids is 1. The second kappa shape index (κ2) is 5.77. The van der Waals surface area contributed by atoms with Gasteiger partial charge in [-0.3, -0.25) is 9.97 Å². The van der Waals surface area contributed by atoms with E-state index in [1.807, 2.05) is 19.1 Å². The zero-order valence-corrected chi connectivity index (χ0v) is 10.00. The van der Waals surface area contributed by atoms with Gasteiger partial charge >= 0.3 is 6.03 Å². The lowest BCUT2D eigenvalue weighted by molar-refractivity contribution is 0.249. The largest absolute Gasteiger partial charge is 0.331 e. The quantitative estimate of drug-likeness (QED) is 0.868. The summed E-state index contributed by atoms with van der Waals surface area (Å²) in [5.74, 6) is 0. The topological polar surface area (TPSA) is 66.9 Å². The molecule has 2 heterocycles. The molecule has 0 spiro atoms. The van der Waals surface area contributed by atoms with E-state index in [2.05, 4.69) is 20.6 Å². The average Bonchev–Trinajstić information content (AvgIpc) is 2.40. The van der Waals surface area contributed by atoms with Crippen LogP contribution in [-0.4, -0.2) is 16.0 Å². The Morgan fingerprint density at radius 2 is 1.89 bits per heavy atom. The van der Waals surface area contributed by atoms with E-state index in [0.717, 1.165) is 5.56 Å². The summed E-state index contributed by atoms with van der Waals surface area (Å²) in [5.41, 5.74) is 1.62. The summed E-state index contributed by atoms with van der Waals surface area (Å²) >= 11 is 0. The number of anilines is 1. The number of nitrogens with zero attached hydrogens (tertiary/aromatic N) is 2. The maximum atomic E-state index is 11.7. The van der Waals surface area contributed by atoms with Crippen LogP contribution in [0.1, 0.15) is 18.5 Å². The van der Waals surface area contributed by atoms with Gasteiger partial charge in [-0.25, -0.2) is 4.79 Å². The van der Waals surface area contributed by atoms with Crippen molar-refractivity contribution in [2.45, 2.75) is 13.0 Å². The molecule has 2 aromatic rings. The predicted octanol–water partition coefficient (Wildman–Crippen LogP) is 2.36. The van der Waals surface area contributed by atoms with Gasteiger partial charge in [0.2, 0.25) is 0 Å². The van der Waals surface area contributed by atoms with Crippen LogP contribution in [0.3, 0.4) is 0 Å². The first-order chi connectivity index (χ1) is 8.75. The molecular weight excluding hydrogens is 228 g/mol. The van der Waals surface area contributed by atoms with E-state index in [1.54, 1.807) is 36.9 Å². The minimum Gasteiger partial charge on any atom is -0.331 e. The Hall–Kier alpha value is -2.43. The van der Waals surface area contributed by atoms with Crippen LogP contribution in [0.4, 0.5) is 10.5 Å². The first kappa shape index (κ1) is 12.0. The highest BCUT2D eigenvalue weighted by molar-refractivity contribution is 5.89. The van der Waals surface area contributed by atoms with E-state index in [1.165, 1.54) is 0 Å². The van der Waals surface area contributed by atoms with Crippen LogP contribution in [0.2, 0.25) is 0 Å². The smallest absolute Gasteiger partial charge is 0.319 e. The number of rotatable bonds is 3. The van der Waals surface area contributed by atoms with E-state index in [-0.39, 0.29) is 12.1 Å². The second-order valence-corrected chi connectivity index (χ2v) is 3.85. The van der Waals surface area contributed by atoms with Gasteiger partial charge in [0.25, 0.3) is 0 Å². The zero-order valence-electron chi connectivity index (χ0n) is 10.00. The molecule has 0 unspecified atom stereocenters. The first-order valence-corrected chi connectivity index (χ1v) is 5.63. The molecule has 5 nitrogen and oxygen atoms in total. The van der Waals surface area contributed by atoms with Crippen molar-refractivity contribution in [2.75, 3.05) is 5.32 Å². The van der Waals surface area contributed by atoms with Crippen molar-refractivity contribution in [2.24, 2.45) is 0 Å². The molecule has 92 valence electrons. The minimum atomic E-state index is -0.264. The van der Waals surface area contributed by atoms with Gasteiger partial charge in [-0.05, 0) is 30.7 Å². The maximum Gasteiger partial charge on any atom is 0.319 e. The summed E-state index contributed by atoms with van der Waals surface area (Å²) in [6.07, 6.45) is 6.68. The second-order valence-electron chi connectivity index (χ2n) is 3.85. The van der Waals surface area contributed by atoms with Gasteiger partial charge in [-0.1, -0.05) is 6.07 Å². The Kier molecular flexibility index (Phi) is 3.86. The van der Waals surface area contributed by atoms with Crippen LogP contribution < -0.4 is 10.6 Å². The molecule has 0 saturated heterocycles. The van der Waals surface area contributed by atoms with Crippen molar-refractivity contribution in [3.05, 3.63) is 54.6 Å². The van der Waals surface area contributed by atoms with Crippen molar-refractivity contribution >= 4 is 11.7 Å². The van der Waals surface area contributed by atoms with E-state index in [0.29, 0.717) is 5.69 Å². The molecule has 0 fully saturated rings. The number of amides is 2. The van der Waals surface area contributed by atoms with Crippen LogP contribution in [0.5, 0.6) is 0 Å². The number of urea groups is 1. The van der Waals surface area contributed by atoms with E-state index in [4.69, 9.17) is 0 Å². The number of pyridine rings is 2. The fourth-order valence-electron chi connectivity index (χ4n) is 1.52. The number of aromatic nitrogens is 2. The Labute approximate surface area is 105 Å². The predicted molar refractivity (Wildman–Crippen MR) is 69.0 cm³/mol. The highest BCUT2D eigenvalue weighted by atomic mass is 16.2. The standard InChI is InChI=1S/C13H14N4O/c1-10(11-4-2-6-14-8-11)16-13(18)17-12-5-3-7-15-9-12/h2-10H,1H3,(H2,16,17,18)/t10-/m1/s1. The molecule has 0 aliphatic rings. The summed E-state index contributed by atoms with van der Waals surface area (Å²) in [4.78, 5) is 19.7. The Balaban J connectivity index is 1.92. The number of hydrogen-bond donors (Lipinski definition) is 2. The molecule has 0 aliphatic carbocycles. The third-order valence-electron chi connectivity index (χ3n) is 2.45. The number of nitrogens with one attached hydrogen (secondary N) is 2. The van der Waals surface area contributed by atoms with Gasteiger partial charge < -0.3 is 10.6 Å². The van der Waals surface area contributed by atoms with E-state index >= 15 is 0 Å². The van der Waals surface area contributed by atoms with Crippen molar-refractivity contribution in [3.8, 4) is 0 Å². The van der Waals surface area contributed by atoms with Crippen LogP contribution in [0, 0.1) is 0 Å². The molecule has 0 aliphatic heterocycles. The van der Waals surface area contributed by atoms with E-state index < -0.39 is 0 Å². The lowest BCUT2D eigenvalue weighted by Gasteiger charge is -2.14. The molecule has 18 heavy (non-hydrogen) atoms. The third kappa shape index (κ3) is 3.28. The fraction of sp³-hybridized carbons (Fsp3) is 0.154. The van der Waals surface area contributed by atoms with Crippen LogP contribution in [0.15, 0.2) is 49.1 Å². The van der Waals surface area contributed by atoms with Gasteiger partial charge in [0.05, 0.1) is 17.9 Å². The summed E-state index contributed by atoms with van der Waals surface area (Å²) in [5, 5.41) is 5.54. The molecule has 0 radical (unpaired) electrons. The van der Waals surface area contributed by atoms with Crippen LogP contribution in [-0.2, 0) is 0 Å². The minimum absolute atomic E-state index is 0.102. The maximum absolute atomic E-state index is 11.7. The molecule has 0 saturated carbocycles. The van der Waals surface area contributed by atoms with Crippen molar-refractivity contribution in [1.29, 1.82) is 0 Å². The van der Waals surface area contributed by atoms with Crippen LogP contribution in [0.25, 0.3) is 0 Å². The Bertz CT molecular complexity index is 501. The van der Waals surface area contributed by atoms with Gasteiger partial charge in [0.15, 0.2) is 0 Å². The molecule has 2 N–H and O–H groups in total.